The lowest BCUT2D eigenvalue weighted by molar-refractivity contribution is 0.0917. The molecule has 0 spiro atoms. The van der Waals surface area contributed by atoms with Crippen LogP contribution in [0.25, 0.3) is 0 Å². The third-order valence-electron chi connectivity index (χ3n) is 3.86. The van der Waals surface area contributed by atoms with Crippen molar-refractivity contribution < 1.29 is 9.21 Å². The Kier molecular flexibility index (Phi) is 4.93. The first-order valence-corrected chi connectivity index (χ1v) is 8.04. The Bertz CT molecular complexity index is 425. The van der Waals surface area contributed by atoms with Gasteiger partial charge in [0.2, 0.25) is 0 Å². The summed E-state index contributed by atoms with van der Waals surface area (Å²) >= 11 is 1.87. The van der Waals surface area contributed by atoms with Crippen molar-refractivity contribution in [2.75, 3.05) is 12.8 Å². The van der Waals surface area contributed by atoms with Crippen LogP contribution in [0.2, 0.25) is 0 Å². The summed E-state index contributed by atoms with van der Waals surface area (Å²) in [5.41, 5.74) is 5.47. The van der Waals surface area contributed by atoms with Crippen molar-refractivity contribution in [3.05, 3.63) is 23.7 Å². The molecule has 1 amide bonds. The molecule has 0 radical (unpaired) electrons. The lowest BCUT2D eigenvalue weighted by Gasteiger charge is -2.35. The van der Waals surface area contributed by atoms with Gasteiger partial charge in [0.05, 0.1) is 6.54 Å². The van der Waals surface area contributed by atoms with Crippen LogP contribution in [0, 0.1) is 0 Å². The van der Waals surface area contributed by atoms with E-state index in [0.717, 1.165) is 0 Å². The normalized spacial score (nSPS) is 18.2. The Morgan fingerprint density at radius 1 is 1.42 bits per heavy atom. The maximum atomic E-state index is 12.0. The molecule has 2 rings (SSSR count). The van der Waals surface area contributed by atoms with E-state index >= 15 is 0 Å². The number of hydrogen-bond donors (Lipinski definition) is 2. The number of thioether (sulfide) groups is 1. The Balaban J connectivity index is 1.91. The van der Waals surface area contributed by atoms with Crippen LogP contribution in [-0.2, 0) is 6.54 Å². The highest BCUT2D eigenvalue weighted by atomic mass is 32.2. The molecular formula is C14H22N2O2S. The lowest BCUT2D eigenvalue weighted by atomic mass is 9.88. The monoisotopic (exact) mass is 282 g/mol. The zero-order valence-electron chi connectivity index (χ0n) is 11.4. The molecule has 1 aromatic heterocycles. The molecular weight excluding hydrogens is 260 g/mol. The van der Waals surface area contributed by atoms with Crippen LogP contribution in [0.5, 0.6) is 0 Å². The van der Waals surface area contributed by atoms with Crippen molar-refractivity contribution in [2.24, 2.45) is 5.73 Å². The topological polar surface area (TPSA) is 68.3 Å². The standard InChI is InChI=1S/C14H22N2O2S/c1-19-14(7-3-2-4-8-14)10-16-13(17)12-6-5-11(9-15)18-12/h5-6H,2-4,7-10,15H2,1H3,(H,16,17). The number of furan rings is 1. The highest BCUT2D eigenvalue weighted by molar-refractivity contribution is 8.00. The molecule has 5 heteroatoms. The minimum Gasteiger partial charge on any atom is -0.455 e. The number of carbonyl (C=O) groups is 1. The second-order valence-electron chi connectivity index (χ2n) is 5.10. The van der Waals surface area contributed by atoms with Gasteiger partial charge in [-0.05, 0) is 31.2 Å². The zero-order chi connectivity index (χ0) is 13.7. The number of rotatable bonds is 5. The summed E-state index contributed by atoms with van der Waals surface area (Å²) in [6.07, 6.45) is 8.33. The van der Waals surface area contributed by atoms with Gasteiger partial charge in [-0.1, -0.05) is 19.3 Å². The van der Waals surface area contributed by atoms with E-state index in [1.54, 1.807) is 12.1 Å². The molecule has 1 fully saturated rings. The quantitative estimate of drug-likeness (QED) is 0.871. The molecule has 0 aromatic carbocycles. The van der Waals surface area contributed by atoms with Gasteiger partial charge in [0, 0.05) is 11.3 Å². The van der Waals surface area contributed by atoms with Crippen LogP contribution in [-0.4, -0.2) is 23.5 Å². The molecule has 1 aliphatic rings. The van der Waals surface area contributed by atoms with Crippen molar-refractivity contribution >= 4 is 17.7 Å². The first-order chi connectivity index (χ1) is 9.19. The SMILES string of the molecule is CSC1(CNC(=O)c2ccc(CN)o2)CCCCC1. The Morgan fingerprint density at radius 2 is 2.16 bits per heavy atom. The zero-order valence-corrected chi connectivity index (χ0v) is 12.2. The van der Waals surface area contributed by atoms with E-state index in [-0.39, 0.29) is 10.7 Å². The van der Waals surface area contributed by atoms with E-state index in [0.29, 0.717) is 24.6 Å². The summed E-state index contributed by atoms with van der Waals surface area (Å²) in [6.45, 7) is 1.04. The van der Waals surface area contributed by atoms with Gasteiger partial charge in [0.15, 0.2) is 5.76 Å². The summed E-state index contributed by atoms with van der Waals surface area (Å²) in [7, 11) is 0. The highest BCUT2D eigenvalue weighted by Crippen LogP contribution is 2.37. The number of nitrogens with two attached hydrogens (primary N) is 1. The van der Waals surface area contributed by atoms with Crippen molar-refractivity contribution in [3.63, 3.8) is 0 Å². The molecule has 1 aliphatic carbocycles. The predicted octanol–water partition coefficient (Wildman–Crippen LogP) is 2.53. The van der Waals surface area contributed by atoms with E-state index in [9.17, 15) is 4.79 Å². The van der Waals surface area contributed by atoms with Crippen LogP contribution in [0.15, 0.2) is 16.5 Å². The van der Waals surface area contributed by atoms with Crippen LogP contribution in [0.3, 0.4) is 0 Å². The molecule has 1 heterocycles. The van der Waals surface area contributed by atoms with Crippen LogP contribution >= 0.6 is 11.8 Å². The molecule has 106 valence electrons. The molecule has 0 bridgehead atoms. The Hall–Kier alpha value is -0.940. The van der Waals surface area contributed by atoms with E-state index in [1.165, 1.54) is 32.1 Å². The van der Waals surface area contributed by atoms with Crippen molar-refractivity contribution in [1.82, 2.24) is 5.32 Å². The smallest absolute Gasteiger partial charge is 0.287 e. The van der Waals surface area contributed by atoms with Crippen LogP contribution in [0.1, 0.15) is 48.4 Å². The van der Waals surface area contributed by atoms with Crippen molar-refractivity contribution in [3.8, 4) is 0 Å². The van der Waals surface area contributed by atoms with Gasteiger partial charge in [-0.2, -0.15) is 11.8 Å². The average Bonchev–Trinajstić information content (AvgIpc) is 2.95. The molecule has 1 aromatic rings. The summed E-state index contributed by atoms with van der Waals surface area (Å²) < 4.78 is 5.56. The highest BCUT2D eigenvalue weighted by Gasteiger charge is 2.31. The van der Waals surface area contributed by atoms with Gasteiger partial charge in [0.1, 0.15) is 5.76 Å². The van der Waals surface area contributed by atoms with E-state index in [4.69, 9.17) is 10.2 Å². The third-order valence-corrected chi connectivity index (χ3v) is 5.27. The fourth-order valence-corrected chi connectivity index (χ4v) is 3.50. The van der Waals surface area contributed by atoms with Gasteiger partial charge in [-0.25, -0.2) is 0 Å². The second kappa shape index (κ2) is 6.48. The minimum atomic E-state index is -0.140. The molecule has 0 saturated heterocycles. The van der Waals surface area contributed by atoms with E-state index < -0.39 is 0 Å². The minimum absolute atomic E-state index is 0.140. The van der Waals surface area contributed by atoms with Crippen LogP contribution < -0.4 is 11.1 Å². The first-order valence-electron chi connectivity index (χ1n) is 6.81. The summed E-state index contributed by atoms with van der Waals surface area (Å²) in [4.78, 5) is 12.0. The van der Waals surface area contributed by atoms with Gasteiger partial charge in [-0.3, -0.25) is 4.79 Å². The van der Waals surface area contributed by atoms with Crippen molar-refractivity contribution in [2.45, 2.75) is 43.4 Å². The number of amides is 1. The second-order valence-corrected chi connectivity index (χ2v) is 6.37. The molecule has 1 saturated carbocycles. The molecule has 3 N–H and O–H groups in total. The average molecular weight is 282 g/mol. The molecule has 0 aliphatic heterocycles. The van der Waals surface area contributed by atoms with Gasteiger partial charge in [-0.15, -0.1) is 0 Å². The molecule has 0 atom stereocenters. The largest absolute Gasteiger partial charge is 0.455 e. The third kappa shape index (κ3) is 3.54. The summed E-state index contributed by atoms with van der Waals surface area (Å²) in [5.74, 6) is 0.855. The van der Waals surface area contributed by atoms with Gasteiger partial charge < -0.3 is 15.5 Å². The predicted molar refractivity (Wildman–Crippen MR) is 78.3 cm³/mol. The Labute approximate surface area is 118 Å². The van der Waals surface area contributed by atoms with Gasteiger partial charge >= 0.3 is 0 Å². The molecule has 4 nitrogen and oxygen atoms in total. The fourth-order valence-electron chi connectivity index (χ4n) is 2.59. The fraction of sp³-hybridized carbons (Fsp3) is 0.643. The Morgan fingerprint density at radius 3 is 2.74 bits per heavy atom. The number of nitrogens with one attached hydrogen (secondary N) is 1. The van der Waals surface area contributed by atoms with Crippen molar-refractivity contribution in [1.29, 1.82) is 0 Å². The lowest BCUT2D eigenvalue weighted by Crippen LogP contribution is -2.41. The summed E-state index contributed by atoms with van der Waals surface area (Å²) in [5, 5.41) is 3.00. The van der Waals surface area contributed by atoms with Gasteiger partial charge in [0.25, 0.3) is 5.91 Å². The summed E-state index contributed by atoms with van der Waals surface area (Å²) in [6, 6.07) is 3.43. The number of hydrogen-bond acceptors (Lipinski definition) is 4. The molecule has 0 unspecified atom stereocenters. The maximum Gasteiger partial charge on any atom is 0.287 e. The number of carbonyl (C=O) groups excluding carboxylic acids is 1. The molecule has 19 heavy (non-hydrogen) atoms. The maximum absolute atomic E-state index is 12.0. The first kappa shape index (κ1) is 14.5. The van der Waals surface area contributed by atoms with Crippen LogP contribution in [0.4, 0.5) is 0 Å². The van der Waals surface area contributed by atoms with E-state index in [1.807, 2.05) is 11.8 Å². The van der Waals surface area contributed by atoms with E-state index in [2.05, 4.69) is 11.6 Å².